The zero-order valence-electron chi connectivity index (χ0n) is 18.4. The number of urea groups is 1. The number of aliphatic hydroxyl groups excluding tert-OH is 1. The molecule has 9 nitrogen and oxygen atoms in total. The molecule has 0 saturated carbocycles. The maximum absolute atomic E-state index is 12.1. The largest absolute Gasteiger partial charge is 0.486 e. The molecule has 0 spiro atoms. The van der Waals surface area contributed by atoms with Crippen molar-refractivity contribution in [3.8, 4) is 11.5 Å². The zero-order valence-corrected chi connectivity index (χ0v) is 18.4. The van der Waals surface area contributed by atoms with Crippen LogP contribution in [-0.2, 0) is 11.2 Å². The summed E-state index contributed by atoms with van der Waals surface area (Å²) in [5.74, 6) is 1.32. The molecule has 2 aromatic carbocycles. The van der Waals surface area contributed by atoms with E-state index in [2.05, 4.69) is 16.0 Å². The summed E-state index contributed by atoms with van der Waals surface area (Å²) in [5, 5.41) is 18.8. The van der Waals surface area contributed by atoms with Gasteiger partial charge in [-0.05, 0) is 30.3 Å². The molecule has 0 aliphatic carbocycles. The first-order valence-electron chi connectivity index (χ1n) is 10.6. The van der Waals surface area contributed by atoms with E-state index in [1.54, 1.807) is 36.2 Å². The van der Waals surface area contributed by atoms with Gasteiger partial charge in [0.15, 0.2) is 11.5 Å². The van der Waals surface area contributed by atoms with E-state index in [1.165, 1.54) is 6.92 Å². The Morgan fingerprint density at radius 3 is 2.59 bits per heavy atom. The first-order chi connectivity index (χ1) is 15.5. The summed E-state index contributed by atoms with van der Waals surface area (Å²) in [6.45, 7) is 3.88. The molecule has 1 heterocycles. The fraction of sp³-hybridized carbons (Fsp3) is 0.391. The molecule has 0 saturated heterocycles. The number of para-hydroxylation sites is 1. The van der Waals surface area contributed by atoms with Gasteiger partial charge in [-0.25, -0.2) is 4.79 Å². The minimum Gasteiger partial charge on any atom is -0.486 e. The molecule has 2 aromatic rings. The van der Waals surface area contributed by atoms with Crippen LogP contribution in [0, 0.1) is 0 Å². The zero-order chi connectivity index (χ0) is 22.9. The van der Waals surface area contributed by atoms with Gasteiger partial charge in [-0.15, -0.1) is 0 Å². The maximum atomic E-state index is 12.1. The number of benzene rings is 2. The Labute approximate surface area is 187 Å². The molecule has 0 radical (unpaired) electrons. The molecule has 9 heteroatoms. The third-order valence-corrected chi connectivity index (χ3v) is 5.04. The highest BCUT2D eigenvalue weighted by Crippen LogP contribution is 2.34. The minimum atomic E-state index is -0.604. The van der Waals surface area contributed by atoms with Crippen molar-refractivity contribution < 1.29 is 24.2 Å². The molecule has 1 aliphatic rings. The van der Waals surface area contributed by atoms with Gasteiger partial charge in [0.1, 0.15) is 13.2 Å². The SMILES string of the molecule is CNC(=O)Nc1ccc(N(CCNCC(O)Cc2cccc3c2OCCO3)C(C)=O)cc1. The highest BCUT2D eigenvalue weighted by Gasteiger charge is 2.18. The van der Waals surface area contributed by atoms with Crippen LogP contribution in [0.3, 0.4) is 0 Å². The second-order valence-corrected chi connectivity index (χ2v) is 7.43. The lowest BCUT2D eigenvalue weighted by Gasteiger charge is -2.23. The van der Waals surface area contributed by atoms with Crippen LogP contribution < -0.4 is 30.3 Å². The van der Waals surface area contributed by atoms with E-state index in [-0.39, 0.29) is 11.9 Å². The summed E-state index contributed by atoms with van der Waals surface area (Å²) in [7, 11) is 1.54. The molecular weight excluding hydrogens is 412 g/mol. The standard InChI is InChI=1S/C23H30N4O5/c1-16(28)27(19-8-6-18(7-9-19)26-23(30)24-2)11-10-25-15-20(29)14-17-4-3-5-21-22(17)32-13-12-31-21/h3-9,20,25,29H,10-15H2,1-2H3,(H2,24,26,30). The Kier molecular flexibility index (Phi) is 8.29. The third kappa shape index (κ3) is 6.35. The third-order valence-electron chi connectivity index (χ3n) is 5.04. The molecule has 0 aromatic heterocycles. The van der Waals surface area contributed by atoms with Gasteiger partial charge in [0, 0.05) is 57.0 Å². The molecular formula is C23H30N4O5. The average molecular weight is 443 g/mol. The number of rotatable bonds is 9. The van der Waals surface area contributed by atoms with E-state index in [4.69, 9.17) is 9.47 Å². The topological polar surface area (TPSA) is 112 Å². The van der Waals surface area contributed by atoms with Crippen LogP contribution in [0.25, 0.3) is 0 Å². The van der Waals surface area contributed by atoms with Gasteiger partial charge in [0.05, 0.1) is 6.10 Å². The molecule has 0 bridgehead atoms. The van der Waals surface area contributed by atoms with Gasteiger partial charge in [-0.3, -0.25) is 4.79 Å². The maximum Gasteiger partial charge on any atom is 0.318 e. The van der Waals surface area contributed by atoms with Crippen LogP contribution in [0.5, 0.6) is 11.5 Å². The molecule has 32 heavy (non-hydrogen) atoms. The Morgan fingerprint density at radius 2 is 1.88 bits per heavy atom. The van der Waals surface area contributed by atoms with Crippen LogP contribution in [0.4, 0.5) is 16.2 Å². The first kappa shape index (κ1) is 23.4. The van der Waals surface area contributed by atoms with E-state index in [0.717, 1.165) is 11.3 Å². The number of nitrogens with zero attached hydrogens (tertiary/aromatic N) is 1. The molecule has 1 atom stereocenters. The van der Waals surface area contributed by atoms with Crippen molar-refractivity contribution in [2.75, 3.05) is 50.1 Å². The monoisotopic (exact) mass is 442 g/mol. The van der Waals surface area contributed by atoms with Crippen LogP contribution in [0.15, 0.2) is 42.5 Å². The number of fused-ring (bicyclic) bond motifs is 1. The predicted molar refractivity (Wildman–Crippen MR) is 123 cm³/mol. The molecule has 1 unspecified atom stereocenters. The summed E-state index contributed by atoms with van der Waals surface area (Å²) < 4.78 is 11.3. The number of ether oxygens (including phenoxy) is 2. The van der Waals surface area contributed by atoms with E-state index in [9.17, 15) is 14.7 Å². The van der Waals surface area contributed by atoms with E-state index >= 15 is 0 Å². The molecule has 3 rings (SSSR count). The Balaban J connectivity index is 1.48. The molecule has 3 amide bonds. The fourth-order valence-electron chi connectivity index (χ4n) is 3.47. The van der Waals surface area contributed by atoms with Gasteiger partial charge in [-0.2, -0.15) is 0 Å². The van der Waals surface area contributed by atoms with Gasteiger partial charge in [0.25, 0.3) is 0 Å². The normalized spacial score (nSPS) is 13.2. The Morgan fingerprint density at radius 1 is 1.12 bits per heavy atom. The smallest absolute Gasteiger partial charge is 0.318 e. The number of amides is 3. The molecule has 172 valence electrons. The van der Waals surface area contributed by atoms with Crippen molar-refractivity contribution in [2.24, 2.45) is 0 Å². The van der Waals surface area contributed by atoms with Crippen LogP contribution >= 0.6 is 0 Å². The lowest BCUT2D eigenvalue weighted by Crippen LogP contribution is -2.38. The second-order valence-electron chi connectivity index (χ2n) is 7.43. The molecule has 0 fully saturated rings. The highest BCUT2D eigenvalue weighted by molar-refractivity contribution is 5.92. The van der Waals surface area contributed by atoms with E-state index in [0.29, 0.717) is 56.5 Å². The summed E-state index contributed by atoms with van der Waals surface area (Å²) in [6.07, 6.45) is -0.164. The number of aliphatic hydroxyl groups is 1. The van der Waals surface area contributed by atoms with Crippen LogP contribution in [0.1, 0.15) is 12.5 Å². The van der Waals surface area contributed by atoms with Crippen LogP contribution in [-0.4, -0.2) is 63.0 Å². The van der Waals surface area contributed by atoms with Crippen molar-refractivity contribution in [3.05, 3.63) is 48.0 Å². The van der Waals surface area contributed by atoms with Crippen LogP contribution in [0.2, 0.25) is 0 Å². The van der Waals surface area contributed by atoms with Gasteiger partial charge in [0.2, 0.25) is 5.91 Å². The van der Waals surface area contributed by atoms with Crippen molar-refractivity contribution in [1.82, 2.24) is 10.6 Å². The lowest BCUT2D eigenvalue weighted by molar-refractivity contribution is -0.116. The van der Waals surface area contributed by atoms with E-state index < -0.39 is 6.10 Å². The van der Waals surface area contributed by atoms with Gasteiger partial charge >= 0.3 is 6.03 Å². The summed E-state index contributed by atoms with van der Waals surface area (Å²) >= 11 is 0. The number of carbonyl (C=O) groups excluding carboxylic acids is 2. The van der Waals surface area contributed by atoms with Crippen molar-refractivity contribution in [1.29, 1.82) is 0 Å². The summed E-state index contributed by atoms with van der Waals surface area (Å²) in [6, 6.07) is 12.4. The van der Waals surface area contributed by atoms with Gasteiger partial charge < -0.3 is 35.4 Å². The minimum absolute atomic E-state index is 0.0904. The lowest BCUT2D eigenvalue weighted by atomic mass is 10.1. The number of carbonyl (C=O) groups is 2. The Hall–Kier alpha value is -3.30. The van der Waals surface area contributed by atoms with Gasteiger partial charge in [-0.1, -0.05) is 12.1 Å². The second kappa shape index (κ2) is 11.4. The average Bonchev–Trinajstić information content (AvgIpc) is 2.79. The summed E-state index contributed by atoms with van der Waals surface area (Å²) in [4.78, 5) is 25.1. The quantitative estimate of drug-likeness (QED) is 0.440. The number of anilines is 2. The Bertz CT molecular complexity index is 919. The van der Waals surface area contributed by atoms with Crippen molar-refractivity contribution in [2.45, 2.75) is 19.4 Å². The predicted octanol–water partition coefficient (Wildman–Crippen LogP) is 1.76. The number of nitrogens with one attached hydrogen (secondary N) is 3. The van der Waals surface area contributed by atoms with Crippen molar-refractivity contribution >= 4 is 23.3 Å². The van der Waals surface area contributed by atoms with E-state index in [1.807, 2.05) is 18.2 Å². The fourth-order valence-corrected chi connectivity index (χ4v) is 3.47. The summed E-state index contributed by atoms with van der Waals surface area (Å²) in [5.41, 5.74) is 2.28. The molecule has 1 aliphatic heterocycles. The molecule has 4 N–H and O–H groups in total. The van der Waals surface area contributed by atoms with Crippen molar-refractivity contribution in [3.63, 3.8) is 0 Å². The first-order valence-corrected chi connectivity index (χ1v) is 10.6. The highest BCUT2D eigenvalue weighted by atomic mass is 16.6. The number of hydrogen-bond acceptors (Lipinski definition) is 6. The number of hydrogen-bond donors (Lipinski definition) is 4.